The maximum Gasteiger partial charge on any atom is 0.261 e. The first kappa shape index (κ1) is 18.9. The zero-order valence-corrected chi connectivity index (χ0v) is 17.2. The van der Waals surface area contributed by atoms with Crippen LogP contribution in [-0.4, -0.2) is 40.1 Å². The van der Waals surface area contributed by atoms with E-state index in [0.29, 0.717) is 17.7 Å². The van der Waals surface area contributed by atoms with E-state index >= 15 is 0 Å². The van der Waals surface area contributed by atoms with Gasteiger partial charge in [0.2, 0.25) is 5.91 Å². The lowest BCUT2D eigenvalue weighted by Crippen LogP contribution is -2.37. The smallest absolute Gasteiger partial charge is 0.261 e. The lowest BCUT2D eigenvalue weighted by atomic mass is 10.1. The van der Waals surface area contributed by atoms with Crippen LogP contribution in [0.5, 0.6) is 0 Å². The van der Waals surface area contributed by atoms with E-state index in [1.165, 1.54) is 10.5 Å². The summed E-state index contributed by atoms with van der Waals surface area (Å²) < 4.78 is 0.753. The summed E-state index contributed by atoms with van der Waals surface area (Å²) >= 11 is 3.33. The SMILES string of the molecule is Cc1ccc(CN(C(=O)CCN2C(=O)c3ccc(Br)cc3C2=O)C2CC2)cc1. The highest BCUT2D eigenvalue weighted by atomic mass is 79.9. The molecule has 6 heteroatoms. The molecule has 0 bridgehead atoms. The first-order chi connectivity index (χ1) is 13.4. The Hall–Kier alpha value is -2.47. The number of nitrogens with zero attached hydrogens (tertiary/aromatic N) is 2. The predicted octanol–water partition coefficient (Wildman–Crippen LogP) is 3.93. The fraction of sp³-hybridized carbons (Fsp3) is 0.318. The van der Waals surface area contributed by atoms with Gasteiger partial charge >= 0.3 is 0 Å². The topological polar surface area (TPSA) is 57.7 Å². The molecule has 0 atom stereocenters. The van der Waals surface area contributed by atoms with Crippen LogP contribution in [0.3, 0.4) is 0 Å². The molecule has 2 aromatic carbocycles. The highest BCUT2D eigenvalue weighted by Gasteiger charge is 2.37. The molecule has 144 valence electrons. The van der Waals surface area contributed by atoms with Crippen LogP contribution in [0.4, 0.5) is 0 Å². The molecule has 0 saturated heterocycles. The Labute approximate surface area is 172 Å². The molecule has 1 aliphatic heterocycles. The molecule has 3 amide bonds. The molecule has 4 rings (SSSR count). The third-order valence-electron chi connectivity index (χ3n) is 5.26. The number of benzene rings is 2. The summed E-state index contributed by atoms with van der Waals surface area (Å²) in [5.74, 6) is -0.664. The van der Waals surface area contributed by atoms with Gasteiger partial charge in [0.25, 0.3) is 11.8 Å². The number of halogens is 1. The second kappa shape index (κ2) is 7.51. The molecule has 0 unspecified atom stereocenters. The van der Waals surface area contributed by atoms with Gasteiger partial charge in [0.1, 0.15) is 0 Å². The molecule has 5 nitrogen and oxygen atoms in total. The van der Waals surface area contributed by atoms with Crippen molar-refractivity contribution < 1.29 is 14.4 Å². The summed E-state index contributed by atoms with van der Waals surface area (Å²) in [5, 5.41) is 0. The van der Waals surface area contributed by atoms with E-state index in [9.17, 15) is 14.4 Å². The molecule has 2 aromatic rings. The van der Waals surface area contributed by atoms with Crippen LogP contribution in [0.15, 0.2) is 46.9 Å². The first-order valence-corrected chi connectivity index (χ1v) is 10.2. The van der Waals surface area contributed by atoms with E-state index in [0.717, 1.165) is 22.9 Å². The molecule has 1 aliphatic carbocycles. The summed E-state index contributed by atoms with van der Waals surface area (Å²) in [6.45, 7) is 2.72. The van der Waals surface area contributed by atoms with Gasteiger partial charge in [-0.2, -0.15) is 0 Å². The van der Waals surface area contributed by atoms with Crippen LogP contribution in [0.25, 0.3) is 0 Å². The third kappa shape index (κ3) is 3.74. The molecule has 0 spiro atoms. The van der Waals surface area contributed by atoms with Gasteiger partial charge in [-0.25, -0.2) is 0 Å². The van der Waals surface area contributed by atoms with Crippen molar-refractivity contribution in [1.82, 2.24) is 9.80 Å². The number of hydrogen-bond acceptors (Lipinski definition) is 3. The van der Waals surface area contributed by atoms with Crippen molar-refractivity contribution in [2.24, 2.45) is 0 Å². The molecular formula is C22H21BrN2O3. The highest BCUT2D eigenvalue weighted by Crippen LogP contribution is 2.30. The zero-order chi connectivity index (χ0) is 19.8. The van der Waals surface area contributed by atoms with Crippen molar-refractivity contribution in [3.63, 3.8) is 0 Å². The second-order valence-electron chi connectivity index (χ2n) is 7.44. The lowest BCUT2D eigenvalue weighted by molar-refractivity contribution is -0.132. The number of fused-ring (bicyclic) bond motifs is 1. The number of carbonyl (C=O) groups excluding carboxylic acids is 3. The highest BCUT2D eigenvalue weighted by molar-refractivity contribution is 9.10. The van der Waals surface area contributed by atoms with Crippen molar-refractivity contribution in [2.75, 3.05) is 6.54 Å². The van der Waals surface area contributed by atoms with Crippen LogP contribution in [-0.2, 0) is 11.3 Å². The van der Waals surface area contributed by atoms with Gasteiger partial charge in [-0.3, -0.25) is 19.3 Å². The molecule has 28 heavy (non-hydrogen) atoms. The zero-order valence-electron chi connectivity index (χ0n) is 15.7. The van der Waals surface area contributed by atoms with E-state index in [-0.39, 0.29) is 36.7 Å². The summed E-state index contributed by atoms with van der Waals surface area (Å²) in [6.07, 6.45) is 2.17. The normalized spacial score (nSPS) is 15.7. The van der Waals surface area contributed by atoms with E-state index in [4.69, 9.17) is 0 Å². The van der Waals surface area contributed by atoms with Crippen molar-refractivity contribution in [1.29, 1.82) is 0 Å². The van der Waals surface area contributed by atoms with E-state index in [1.54, 1.807) is 18.2 Å². The van der Waals surface area contributed by atoms with Gasteiger partial charge in [-0.1, -0.05) is 45.8 Å². The maximum atomic E-state index is 12.9. The van der Waals surface area contributed by atoms with Gasteiger partial charge in [0.05, 0.1) is 11.1 Å². The van der Waals surface area contributed by atoms with Crippen LogP contribution < -0.4 is 0 Å². The predicted molar refractivity (Wildman–Crippen MR) is 109 cm³/mol. The number of rotatable bonds is 6. The lowest BCUT2D eigenvalue weighted by Gasteiger charge is -2.24. The first-order valence-electron chi connectivity index (χ1n) is 9.45. The van der Waals surface area contributed by atoms with Crippen LogP contribution >= 0.6 is 15.9 Å². The van der Waals surface area contributed by atoms with Gasteiger partial charge < -0.3 is 4.90 Å². The van der Waals surface area contributed by atoms with E-state index < -0.39 is 0 Å². The quantitative estimate of drug-likeness (QED) is 0.639. The van der Waals surface area contributed by atoms with Crippen molar-refractivity contribution in [3.05, 3.63) is 69.2 Å². The number of aryl methyl sites for hydroxylation is 1. The summed E-state index contributed by atoms with van der Waals surface area (Å²) in [4.78, 5) is 41.0. The van der Waals surface area contributed by atoms with Gasteiger partial charge in [0.15, 0.2) is 0 Å². The Morgan fingerprint density at radius 3 is 2.43 bits per heavy atom. The van der Waals surface area contributed by atoms with Crippen LogP contribution in [0, 0.1) is 6.92 Å². The van der Waals surface area contributed by atoms with Gasteiger partial charge in [0, 0.05) is 30.0 Å². The van der Waals surface area contributed by atoms with E-state index in [2.05, 4.69) is 15.9 Å². The molecule has 1 fully saturated rings. The van der Waals surface area contributed by atoms with Crippen molar-refractivity contribution >= 4 is 33.7 Å². The molecule has 2 aliphatic rings. The molecular weight excluding hydrogens is 420 g/mol. The molecule has 0 aromatic heterocycles. The molecule has 0 radical (unpaired) electrons. The minimum Gasteiger partial charge on any atom is -0.335 e. The Kier molecular flexibility index (Phi) is 5.06. The minimum atomic E-state index is -0.328. The Balaban J connectivity index is 1.42. The Morgan fingerprint density at radius 2 is 1.75 bits per heavy atom. The number of amides is 3. The second-order valence-corrected chi connectivity index (χ2v) is 8.36. The maximum absolute atomic E-state index is 12.9. The molecule has 1 heterocycles. The van der Waals surface area contributed by atoms with Crippen LogP contribution in [0.1, 0.15) is 51.1 Å². The Bertz CT molecular complexity index is 951. The monoisotopic (exact) mass is 440 g/mol. The summed E-state index contributed by atoms with van der Waals surface area (Å²) in [6, 6.07) is 13.5. The summed E-state index contributed by atoms with van der Waals surface area (Å²) in [5.41, 5.74) is 3.08. The standard InChI is InChI=1S/C22H21BrN2O3/c1-14-2-4-15(5-3-14)13-25(17-7-8-17)20(26)10-11-24-21(27)18-9-6-16(23)12-19(18)22(24)28/h2-6,9,12,17H,7-8,10-11,13H2,1H3. The van der Waals surface area contributed by atoms with Gasteiger partial charge in [-0.15, -0.1) is 0 Å². The van der Waals surface area contributed by atoms with Crippen LogP contribution in [0.2, 0.25) is 0 Å². The minimum absolute atomic E-state index is 0.0131. The van der Waals surface area contributed by atoms with Crippen molar-refractivity contribution in [3.8, 4) is 0 Å². The molecule has 0 N–H and O–H groups in total. The summed E-state index contributed by atoms with van der Waals surface area (Å²) in [7, 11) is 0. The third-order valence-corrected chi connectivity index (χ3v) is 5.76. The average Bonchev–Trinajstić information content (AvgIpc) is 3.48. The molecule has 1 saturated carbocycles. The largest absolute Gasteiger partial charge is 0.335 e. The van der Waals surface area contributed by atoms with Gasteiger partial charge in [-0.05, 0) is 43.5 Å². The van der Waals surface area contributed by atoms with E-state index in [1.807, 2.05) is 36.1 Å². The fourth-order valence-electron chi connectivity index (χ4n) is 3.51. The average molecular weight is 441 g/mol. The van der Waals surface area contributed by atoms with Crippen molar-refractivity contribution in [2.45, 2.75) is 38.8 Å². The number of hydrogen-bond donors (Lipinski definition) is 0. The number of carbonyl (C=O) groups is 3. The Morgan fingerprint density at radius 1 is 1.07 bits per heavy atom. The number of imide groups is 1. The fourth-order valence-corrected chi connectivity index (χ4v) is 3.88.